The van der Waals surface area contributed by atoms with Gasteiger partial charge in [0.15, 0.2) is 0 Å². The molecule has 84 valence electrons. The standard InChI is InChI=1S/C8H12ClN3O2S/c1-3-6(2)12-15(13,14)7-4-10-8(9)11-5-7/h4-6,12H,3H2,1-2H3. The fraction of sp³-hybridized carbons (Fsp3) is 0.500. The molecule has 0 saturated carbocycles. The second-order valence-electron chi connectivity index (χ2n) is 3.12. The predicted molar refractivity (Wildman–Crippen MR) is 57.1 cm³/mol. The van der Waals surface area contributed by atoms with Gasteiger partial charge < -0.3 is 0 Å². The van der Waals surface area contributed by atoms with Crippen LogP contribution in [0, 0.1) is 0 Å². The van der Waals surface area contributed by atoms with Crippen molar-refractivity contribution in [1.82, 2.24) is 14.7 Å². The number of nitrogens with one attached hydrogen (secondary N) is 1. The highest BCUT2D eigenvalue weighted by molar-refractivity contribution is 7.89. The van der Waals surface area contributed by atoms with Crippen LogP contribution < -0.4 is 4.72 Å². The molecule has 7 heteroatoms. The Labute approximate surface area is 93.9 Å². The number of rotatable bonds is 4. The molecule has 1 atom stereocenters. The molecular weight excluding hydrogens is 238 g/mol. The van der Waals surface area contributed by atoms with Crippen molar-refractivity contribution in [2.75, 3.05) is 0 Å². The zero-order chi connectivity index (χ0) is 11.5. The largest absolute Gasteiger partial charge is 0.243 e. The highest BCUT2D eigenvalue weighted by Gasteiger charge is 2.17. The summed E-state index contributed by atoms with van der Waals surface area (Å²) in [6.07, 6.45) is 3.08. The molecule has 0 aliphatic rings. The topological polar surface area (TPSA) is 72.0 Å². The summed E-state index contributed by atoms with van der Waals surface area (Å²) >= 11 is 5.46. The Bertz CT molecular complexity index is 418. The maximum atomic E-state index is 11.7. The predicted octanol–water partition coefficient (Wildman–Crippen LogP) is 1.21. The highest BCUT2D eigenvalue weighted by Crippen LogP contribution is 2.08. The van der Waals surface area contributed by atoms with E-state index in [0.717, 1.165) is 0 Å². The van der Waals surface area contributed by atoms with E-state index in [2.05, 4.69) is 14.7 Å². The Kier molecular flexibility index (Phi) is 4.01. The lowest BCUT2D eigenvalue weighted by Crippen LogP contribution is -2.32. The van der Waals surface area contributed by atoms with Crippen molar-refractivity contribution >= 4 is 21.6 Å². The van der Waals surface area contributed by atoms with E-state index in [-0.39, 0.29) is 16.2 Å². The number of hydrogen-bond donors (Lipinski definition) is 1. The molecule has 0 fully saturated rings. The average Bonchev–Trinajstić information content (AvgIpc) is 2.17. The van der Waals surface area contributed by atoms with Crippen molar-refractivity contribution in [2.45, 2.75) is 31.2 Å². The van der Waals surface area contributed by atoms with Crippen molar-refractivity contribution in [3.63, 3.8) is 0 Å². The van der Waals surface area contributed by atoms with Gasteiger partial charge in [0.05, 0.1) is 12.4 Å². The van der Waals surface area contributed by atoms with Gasteiger partial charge in [-0.1, -0.05) is 6.92 Å². The Balaban J connectivity index is 2.91. The molecule has 0 radical (unpaired) electrons. The Hall–Kier alpha value is -0.720. The minimum atomic E-state index is -3.52. The number of sulfonamides is 1. The Morgan fingerprint density at radius 3 is 2.47 bits per heavy atom. The number of aromatic nitrogens is 2. The fourth-order valence-electron chi connectivity index (χ4n) is 0.855. The van der Waals surface area contributed by atoms with Crippen LogP contribution in [-0.2, 0) is 10.0 Å². The third kappa shape index (κ3) is 3.40. The first-order chi connectivity index (χ1) is 6.95. The summed E-state index contributed by atoms with van der Waals surface area (Å²) in [7, 11) is -3.52. The van der Waals surface area contributed by atoms with Crippen LogP contribution in [-0.4, -0.2) is 24.4 Å². The molecule has 0 amide bonds. The first-order valence-electron chi connectivity index (χ1n) is 4.45. The van der Waals surface area contributed by atoms with Crippen molar-refractivity contribution in [3.05, 3.63) is 17.7 Å². The number of nitrogens with zero attached hydrogens (tertiary/aromatic N) is 2. The average molecular weight is 250 g/mol. The van der Waals surface area contributed by atoms with Crippen molar-refractivity contribution in [2.24, 2.45) is 0 Å². The lowest BCUT2D eigenvalue weighted by molar-refractivity contribution is 0.555. The monoisotopic (exact) mass is 249 g/mol. The Morgan fingerprint density at radius 1 is 1.47 bits per heavy atom. The second-order valence-corrected chi connectivity index (χ2v) is 5.17. The van der Waals surface area contributed by atoms with Crippen molar-refractivity contribution in [1.29, 1.82) is 0 Å². The molecule has 1 rings (SSSR count). The van der Waals surface area contributed by atoms with E-state index in [1.807, 2.05) is 6.92 Å². The summed E-state index contributed by atoms with van der Waals surface area (Å²) in [5, 5.41) is 0.0255. The summed E-state index contributed by atoms with van der Waals surface area (Å²) in [4.78, 5) is 7.25. The molecule has 1 aromatic rings. The summed E-state index contributed by atoms with van der Waals surface area (Å²) < 4.78 is 25.8. The lowest BCUT2D eigenvalue weighted by atomic mass is 10.3. The van der Waals surface area contributed by atoms with E-state index < -0.39 is 10.0 Å². The zero-order valence-corrected chi connectivity index (χ0v) is 10.0. The van der Waals surface area contributed by atoms with Crippen LogP contribution >= 0.6 is 11.6 Å². The number of hydrogen-bond acceptors (Lipinski definition) is 4. The first kappa shape index (κ1) is 12.4. The third-order valence-corrected chi connectivity index (χ3v) is 3.61. The molecule has 1 aromatic heterocycles. The van der Waals surface area contributed by atoms with Crippen LogP contribution in [0.4, 0.5) is 0 Å². The second kappa shape index (κ2) is 4.87. The van der Waals surface area contributed by atoms with E-state index in [1.165, 1.54) is 12.4 Å². The van der Waals surface area contributed by atoms with E-state index >= 15 is 0 Å². The fourth-order valence-corrected chi connectivity index (χ4v) is 2.17. The van der Waals surface area contributed by atoms with E-state index in [9.17, 15) is 8.42 Å². The minimum absolute atomic E-state index is 0.0206. The van der Waals surface area contributed by atoms with Gasteiger partial charge in [-0.05, 0) is 24.9 Å². The van der Waals surface area contributed by atoms with Gasteiger partial charge >= 0.3 is 0 Å². The van der Waals surface area contributed by atoms with Crippen LogP contribution in [0.15, 0.2) is 17.3 Å². The molecule has 1 unspecified atom stereocenters. The van der Waals surface area contributed by atoms with E-state index in [4.69, 9.17) is 11.6 Å². The third-order valence-electron chi connectivity index (χ3n) is 1.88. The van der Waals surface area contributed by atoms with E-state index in [1.54, 1.807) is 6.92 Å². The molecule has 0 aromatic carbocycles. The smallest absolute Gasteiger partial charge is 0.225 e. The lowest BCUT2D eigenvalue weighted by Gasteiger charge is -2.11. The molecule has 1 heterocycles. The summed E-state index contributed by atoms with van der Waals surface area (Å²) in [5.41, 5.74) is 0. The summed E-state index contributed by atoms with van der Waals surface area (Å²) in [6, 6.07) is -0.120. The molecule has 0 saturated heterocycles. The zero-order valence-electron chi connectivity index (χ0n) is 8.44. The van der Waals surface area contributed by atoms with Crippen LogP contribution in [0.3, 0.4) is 0 Å². The normalized spacial score (nSPS) is 13.8. The molecule has 5 nitrogen and oxygen atoms in total. The molecule has 0 bridgehead atoms. The SMILES string of the molecule is CCC(C)NS(=O)(=O)c1cnc(Cl)nc1. The summed E-state index contributed by atoms with van der Waals surface area (Å²) in [6.45, 7) is 3.68. The molecule has 1 N–H and O–H groups in total. The van der Waals surface area contributed by atoms with Gasteiger partial charge in [0.25, 0.3) is 0 Å². The van der Waals surface area contributed by atoms with Crippen LogP contribution in [0.2, 0.25) is 5.28 Å². The Morgan fingerprint density at radius 2 is 2.00 bits per heavy atom. The minimum Gasteiger partial charge on any atom is -0.225 e. The molecule has 0 aliphatic heterocycles. The highest BCUT2D eigenvalue weighted by atomic mass is 35.5. The van der Waals surface area contributed by atoms with Gasteiger partial charge in [-0.3, -0.25) is 0 Å². The molecule has 15 heavy (non-hydrogen) atoms. The first-order valence-corrected chi connectivity index (χ1v) is 6.31. The van der Waals surface area contributed by atoms with Gasteiger partial charge in [0, 0.05) is 6.04 Å². The number of halogens is 1. The van der Waals surface area contributed by atoms with Gasteiger partial charge in [-0.25, -0.2) is 23.1 Å². The molecule has 0 aliphatic carbocycles. The van der Waals surface area contributed by atoms with Gasteiger partial charge in [-0.15, -0.1) is 0 Å². The van der Waals surface area contributed by atoms with Gasteiger partial charge in [0.1, 0.15) is 4.90 Å². The van der Waals surface area contributed by atoms with E-state index in [0.29, 0.717) is 6.42 Å². The van der Waals surface area contributed by atoms with Crippen LogP contribution in [0.1, 0.15) is 20.3 Å². The van der Waals surface area contributed by atoms with Gasteiger partial charge in [0.2, 0.25) is 15.3 Å². The molecular formula is C8H12ClN3O2S. The molecule has 0 spiro atoms. The van der Waals surface area contributed by atoms with Crippen molar-refractivity contribution in [3.8, 4) is 0 Å². The van der Waals surface area contributed by atoms with Gasteiger partial charge in [-0.2, -0.15) is 0 Å². The maximum absolute atomic E-state index is 11.7. The van der Waals surface area contributed by atoms with Crippen LogP contribution in [0.5, 0.6) is 0 Å². The quantitative estimate of drug-likeness (QED) is 0.814. The summed E-state index contributed by atoms with van der Waals surface area (Å²) in [5.74, 6) is 0. The van der Waals surface area contributed by atoms with Crippen molar-refractivity contribution < 1.29 is 8.42 Å². The van der Waals surface area contributed by atoms with Crippen LogP contribution in [0.25, 0.3) is 0 Å². The maximum Gasteiger partial charge on any atom is 0.243 e.